The largest absolute Gasteiger partial charge is 0.364 e. The molecule has 2 unspecified atom stereocenters. The van der Waals surface area contributed by atoms with Crippen LogP contribution in [0.1, 0.15) is 35.2 Å². The lowest BCUT2D eigenvalue weighted by molar-refractivity contribution is -0.137. The number of nitrogens with two attached hydrogens (primary N) is 1. The molecule has 4 aromatic heterocycles. The summed E-state index contributed by atoms with van der Waals surface area (Å²) in [5, 5.41) is 7.65. The second kappa shape index (κ2) is 10.5. The highest BCUT2D eigenvalue weighted by Gasteiger charge is 2.38. The number of carbonyl (C=O) groups excluding carboxylic acids is 3. The molecule has 2 atom stereocenters. The average molecular weight is 592 g/mol. The molecule has 0 spiro atoms. The molecule has 1 aliphatic rings. The molecule has 39 heavy (non-hydrogen) atoms. The molecular formula is C26H26BrN9O3. The Kier molecular flexibility index (Phi) is 7.08. The van der Waals surface area contributed by atoms with E-state index >= 15 is 0 Å². The molecule has 1 aliphatic heterocycles. The van der Waals surface area contributed by atoms with Crippen molar-refractivity contribution in [1.29, 1.82) is 0 Å². The third-order valence-electron chi connectivity index (χ3n) is 6.67. The molecule has 3 amide bonds. The number of aromatic nitrogens is 6. The summed E-state index contributed by atoms with van der Waals surface area (Å²) in [7, 11) is 0. The zero-order chi connectivity index (χ0) is 27.8. The van der Waals surface area contributed by atoms with Crippen molar-refractivity contribution in [2.75, 3.05) is 11.9 Å². The molecular weight excluding hydrogens is 566 g/mol. The maximum Gasteiger partial charge on any atom is 0.269 e. The second-order valence-corrected chi connectivity index (χ2v) is 10.5. The SMILES string of the molecule is Cc1ncc(-c2cc3c(C(N)=O)nn(CC(=O)N4CC(C)CC4C(=O)Nc4nc(Br)ccc4C)c3cn2)cn1. The Hall–Kier alpha value is -4.26. The predicted molar refractivity (Wildman–Crippen MR) is 146 cm³/mol. The quantitative estimate of drug-likeness (QED) is 0.323. The van der Waals surface area contributed by atoms with Gasteiger partial charge in [0, 0.05) is 29.9 Å². The summed E-state index contributed by atoms with van der Waals surface area (Å²) >= 11 is 3.32. The highest BCUT2D eigenvalue weighted by molar-refractivity contribution is 9.10. The van der Waals surface area contributed by atoms with Gasteiger partial charge in [0.2, 0.25) is 11.8 Å². The van der Waals surface area contributed by atoms with Crippen LogP contribution in [0.3, 0.4) is 0 Å². The molecule has 0 aromatic carbocycles. The maximum atomic E-state index is 13.5. The zero-order valence-electron chi connectivity index (χ0n) is 21.6. The summed E-state index contributed by atoms with van der Waals surface area (Å²) in [4.78, 5) is 57.7. The number of carbonyl (C=O) groups is 3. The third-order valence-corrected chi connectivity index (χ3v) is 7.11. The first-order chi connectivity index (χ1) is 18.6. The van der Waals surface area contributed by atoms with E-state index in [-0.39, 0.29) is 30.0 Å². The highest BCUT2D eigenvalue weighted by atomic mass is 79.9. The first-order valence-corrected chi connectivity index (χ1v) is 13.1. The van der Waals surface area contributed by atoms with Crippen molar-refractivity contribution in [2.24, 2.45) is 11.7 Å². The number of likely N-dealkylation sites (tertiary alicyclic amines) is 1. The second-order valence-electron chi connectivity index (χ2n) is 9.67. The molecule has 200 valence electrons. The van der Waals surface area contributed by atoms with Crippen LogP contribution >= 0.6 is 15.9 Å². The Bertz CT molecular complexity index is 1600. The van der Waals surface area contributed by atoms with Gasteiger partial charge in [-0.25, -0.2) is 15.0 Å². The number of hydrogen-bond acceptors (Lipinski definition) is 8. The van der Waals surface area contributed by atoms with Crippen LogP contribution in [0.2, 0.25) is 0 Å². The van der Waals surface area contributed by atoms with Crippen molar-refractivity contribution >= 4 is 50.4 Å². The van der Waals surface area contributed by atoms with Gasteiger partial charge in [0.15, 0.2) is 5.69 Å². The number of rotatable bonds is 6. The summed E-state index contributed by atoms with van der Waals surface area (Å²) in [5.74, 6) is -0.169. The Balaban J connectivity index is 1.41. The van der Waals surface area contributed by atoms with E-state index in [4.69, 9.17) is 5.73 Å². The van der Waals surface area contributed by atoms with Crippen molar-refractivity contribution in [3.8, 4) is 11.3 Å². The predicted octanol–water partition coefficient (Wildman–Crippen LogP) is 2.64. The highest BCUT2D eigenvalue weighted by Crippen LogP contribution is 2.27. The van der Waals surface area contributed by atoms with Crippen LogP contribution in [0.25, 0.3) is 22.2 Å². The van der Waals surface area contributed by atoms with Crippen molar-refractivity contribution in [2.45, 2.75) is 39.8 Å². The number of fused-ring (bicyclic) bond motifs is 1. The molecule has 0 bridgehead atoms. The first-order valence-electron chi connectivity index (χ1n) is 12.3. The third kappa shape index (κ3) is 5.35. The summed E-state index contributed by atoms with van der Waals surface area (Å²) in [5.41, 5.74) is 8.11. The van der Waals surface area contributed by atoms with Gasteiger partial charge in [-0.05, 0) is 59.8 Å². The van der Waals surface area contributed by atoms with Crippen LogP contribution in [-0.4, -0.2) is 64.9 Å². The molecule has 4 aromatic rings. The molecule has 5 rings (SSSR count). The van der Waals surface area contributed by atoms with Gasteiger partial charge in [-0.2, -0.15) is 5.10 Å². The van der Waals surface area contributed by atoms with E-state index in [1.807, 2.05) is 19.9 Å². The number of amides is 3. The lowest BCUT2D eigenvalue weighted by Gasteiger charge is -2.24. The molecule has 0 radical (unpaired) electrons. The molecule has 0 aliphatic carbocycles. The minimum absolute atomic E-state index is 0.0229. The Morgan fingerprint density at radius 2 is 1.87 bits per heavy atom. The lowest BCUT2D eigenvalue weighted by Crippen LogP contribution is -2.44. The van der Waals surface area contributed by atoms with Crippen LogP contribution in [0.4, 0.5) is 5.82 Å². The Morgan fingerprint density at radius 3 is 2.59 bits per heavy atom. The fourth-order valence-corrected chi connectivity index (χ4v) is 4.99. The normalized spacial score (nSPS) is 17.0. The monoisotopic (exact) mass is 591 g/mol. The van der Waals surface area contributed by atoms with Crippen molar-refractivity contribution in [3.63, 3.8) is 0 Å². The van der Waals surface area contributed by atoms with E-state index < -0.39 is 11.9 Å². The van der Waals surface area contributed by atoms with Gasteiger partial charge < -0.3 is 16.0 Å². The number of halogens is 1. The number of nitrogens with zero attached hydrogens (tertiary/aromatic N) is 7. The molecule has 0 saturated carbocycles. The van der Waals surface area contributed by atoms with E-state index in [0.717, 1.165) is 5.56 Å². The summed E-state index contributed by atoms with van der Waals surface area (Å²) in [6.07, 6.45) is 5.33. The standard InChI is InChI=1S/C26H26BrN9O3/c1-13-6-19(26(39)33-25-14(2)4-5-21(27)32-25)35(11-13)22(37)12-36-20-10-31-18(16-8-29-15(3)30-9-16)7-17(20)23(34-36)24(28)38/h4-5,7-10,13,19H,6,11-12H2,1-3H3,(H2,28,38)(H,32,33,39). The Labute approximate surface area is 232 Å². The summed E-state index contributed by atoms with van der Waals surface area (Å²) in [6.45, 7) is 5.84. The van der Waals surface area contributed by atoms with Gasteiger partial charge in [0.05, 0.1) is 17.4 Å². The fraction of sp³-hybridized carbons (Fsp3) is 0.308. The minimum atomic E-state index is -0.729. The molecule has 13 heteroatoms. The van der Waals surface area contributed by atoms with Gasteiger partial charge in [0.25, 0.3) is 5.91 Å². The smallest absolute Gasteiger partial charge is 0.269 e. The maximum absolute atomic E-state index is 13.5. The number of primary amides is 1. The van der Waals surface area contributed by atoms with E-state index in [1.54, 1.807) is 36.4 Å². The topological polar surface area (TPSA) is 162 Å². The molecule has 1 fully saturated rings. The van der Waals surface area contributed by atoms with Crippen molar-refractivity contribution in [1.82, 2.24) is 34.6 Å². The van der Waals surface area contributed by atoms with E-state index in [2.05, 4.69) is 46.3 Å². The molecule has 12 nitrogen and oxygen atoms in total. The van der Waals surface area contributed by atoms with Gasteiger partial charge in [0.1, 0.15) is 28.8 Å². The van der Waals surface area contributed by atoms with Gasteiger partial charge in [-0.15, -0.1) is 0 Å². The molecule has 1 saturated heterocycles. The van der Waals surface area contributed by atoms with Crippen molar-refractivity contribution in [3.05, 3.63) is 58.5 Å². The lowest BCUT2D eigenvalue weighted by atomic mass is 10.1. The van der Waals surface area contributed by atoms with Crippen LogP contribution in [-0.2, 0) is 16.1 Å². The van der Waals surface area contributed by atoms with Crippen LogP contribution < -0.4 is 11.1 Å². The van der Waals surface area contributed by atoms with Crippen LogP contribution in [0, 0.1) is 19.8 Å². The fourth-order valence-electron chi connectivity index (χ4n) is 4.68. The van der Waals surface area contributed by atoms with Crippen LogP contribution in [0.5, 0.6) is 0 Å². The first kappa shape index (κ1) is 26.4. The number of nitrogens with one attached hydrogen (secondary N) is 1. The van der Waals surface area contributed by atoms with E-state index in [1.165, 1.54) is 10.9 Å². The molecule has 3 N–H and O–H groups in total. The van der Waals surface area contributed by atoms with Crippen molar-refractivity contribution < 1.29 is 14.4 Å². The Morgan fingerprint density at radius 1 is 1.13 bits per heavy atom. The zero-order valence-corrected chi connectivity index (χ0v) is 23.1. The number of hydrogen-bond donors (Lipinski definition) is 2. The van der Waals surface area contributed by atoms with E-state index in [0.29, 0.717) is 51.4 Å². The summed E-state index contributed by atoms with van der Waals surface area (Å²) < 4.78 is 2.00. The minimum Gasteiger partial charge on any atom is -0.364 e. The van der Waals surface area contributed by atoms with Crippen LogP contribution in [0.15, 0.2) is 41.4 Å². The van der Waals surface area contributed by atoms with Gasteiger partial charge in [-0.3, -0.25) is 24.0 Å². The summed E-state index contributed by atoms with van der Waals surface area (Å²) in [6, 6.07) is 4.65. The number of anilines is 1. The van der Waals surface area contributed by atoms with Gasteiger partial charge >= 0.3 is 0 Å². The average Bonchev–Trinajstić information content (AvgIpc) is 3.47. The number of pyridine rings is 2. The van der Waals surface area contributed by atoms with Gasteiger partial charge in [-0.1, -0.05) is 13.0 Å². The number of aryl methyl sites for hydroxylation is 2. The van der Waals surface area contributed by atoms with E-state index in [9.17, 15) is 14.4 Å². The molecule has 5 heterocycles.